The molecule has 5 rings (SSSR count). The molecule has 1 amide bonds. The van der Waals surface area contributed by atoms with E-state index in [-0.39, 0.29) is 27.8 Å². The average Bonchev–Trinajstić information content (AvgIpc) is 3.01. The van der Waals surface area contributed by atoms with E-state index in [1.165, 1.54) is 30.3 Å². The van der Waals surface area contributed by atoms with Crippen LogP contribution >= 0.6 is 0 Å². The molecule has 0 radical (unpaired) electrons. The molecule has 0 unspecified atom stereocenters. The Kier molecular flexibility index (Phi) is 9.52. The van der Waals surface area contributed by atoms with Gasteiger partial charge < -0.3 is 10.4 Å². The zero-order valence-electron chi connectivity index (χ0n) is 25.3. The summed E-state index contributed by atoms with van der Waals surface area (Å²) in [7, 11) is -19.8. The van der Waals surface area contributed by atoms with E-state index in [0.717, 1.165) is 43.3 Å². The minimum absolute atomic E-state index is 0.0737. The molecule has 51 heavy (non-hydrogen) atoms. The van der Waals surface area contributed by atoms with Crippen LogP contribution < -0.4 is 5.32 Å². The molecule has 0 aliphatic carbocycles. The number of anilines is 1. The molecule has 266 valence electrons. The summed E-state index contributed by atoms with van der Waals surface area (Å²) in [5.41, 5.74) is -1.41. The summed E-state index contributed by atoms with van der Waals surface area (Å²) in [6.07, 6.45) is 0. The average molecular weight is 780 g/mol. The van der Waals surface area contributed by atoms with Crippen LogP contribution in [0.2, 0.25) is 0 Å². The van der Waals surface area contributed by atoms with Crippen LogP contribution in [0.5, 0.6) is 5.75 Å². The summed E-state index contributed by atoms with van der Waals surface area (Å²) < 4.78 is 135. The SMILES string of the molecule is CC(=O)Nc1ccc2c(O)c(N=Nc3ccc(N=Nc4ccc(S(=O)(=O)O)cc4)c4ccc(S(=O)(=O)O)cc34)c(S(=O)(=O)O)cc2c1S(=O)(=O)O. The summed E-state index contributed by atoms with van der Waals surface area (Å²) >= 11 is 0. The van der Waals surface area contributed by atoms with Crippen molar-refractivity contribution in [2.45, 2.75) is 26.5 Å². The van der Waals surface area contributed by atoms with Gasteiger partial charge in [-0.3, -0.25) is 23.0 Å². The minimum Gasteiger partial charge on any atom is -0.505 e. The quantitative estimate of drug-likeness (QED) is 0.0798. The van der Waals surface area contributed by atoms with E-state index in [2.05, 4.69) is 25.8 Å². The monoisotopic (exact) mass is 779 g/mol. The molecule has 5 aromatic rings. The van der Waals surface area contributed by atoms with Crippen molar-refractivity contribution in [3.8, 4) is 5.75 Å². The number of phenolic OH excluding ortho intramolecular Hbond substituents is 1. The van der Waals surface area contributed by atoms with Crippen LogP contribution in [0.1, 0.15) is 6.92 Å². The van der Waals surface area contributed by atoms with Crippen LogP contribution in [-0.2, 0) is 45.3 Å². The van der Waals surface area contributed by atoms with Crippen molar-refractivity contribution < 1.29 is 61.8 Å². The van der Waals surface area contributed by atoms with Gasteiger partial charge >= 0.3 is 0 Å². The van der Waals surface area contributed by atoms with E-state index in [9.17, 15) is 57.2 Å². The molecule has 0 aliphatic rings. The van der Waals surface area contributed by atoms with Crippen LogP contribution in [0.15, 0.2) is 113 Å². The number of carbonyl (C=O) groups excluding carboxylic acids is 1. The number of hydrogen-bond donors (Lipinski definition) is 6. The van der Waals surface area contributed by atoms with E-state index < -0.39 is 93.9 Å². The Bertz CT molecular complexity index is 2810. The van der Waals surface area contributed by atoms with Gasteiger partial charge in [-0.25, -0.2) is 0 Å². The fourth-order valence-corrected chi connectivity index (χ4v) is 7.26. The van der Waals surface area contributed by atoms with Crippen molar-refractivity contribution in [3.63, 3.8) is 0 Å². The Morgan fingerprint density at radius 3 is 1.67 bits per heavy atom. The largest absolute Gasteiger partial charge is 0.505 e. The fraction of sp³-hybridized carbons (Fsp3) is 0.0357. The number of amides is 1. The van der Waals surface area contributed by atoms with E-state index in [1.807, 2.05) is 0 Å². The normalized spacial score (nSPS) is 13.0. The highest BCUT2D eigenvalue weighted by Crippen LogP contribution is 2.45. The van der Waals surface area contributed by atoms with Crippen LogP contribution in [0.4, 0.5) is 28.4 Å². The van der Waals surface area contributed by atoms with Gasteiger partial charge in [0, 0.05) is 28.5 Å². The van der Waals surface area contributed by atoms with Gasteiger partial charge in [-0.1, -0.05) is 6.07 Å². The third-order valence-electron chi connectivity index (χ3n) is 6.94. The minimum atomic E-state index is -5.33. The second kappa shape index (κ2) is 13.1. The Balaban J connectivity index is 1.71. The molecule has 0 atom stereocenters. The second-order valence-corrected chi connectivity index (χ2v) is 16.0. The Labute approximate surface area is 288 Å². The Hall–Kier alpha value is -5.27. The van der Waals surface area contributed by atoms with Gasteiger partial charge in [0.1, 0.15) is 15.5 Å². The summed E-state index contributed by atoms with van der Waals surface area (Å²) in [4.78, 5) is 8.44. The van der Waals surface area contributed by atoms with E-state index in [0.29, 0.717) is 6.07 Å². The number of nitrogens with zero attached hydrogens (tertiary/aromatic N) is 4. The topological polar surface area (TPSA) is 316 Å². The molecule has 0 aliphatic heterocycles. The van der Waals surface area contributed by atoms with Crippen molar-refractivity contribution in [2.24, 2.45) is 20.5 Å². The molecule has 19 nitrogen and oxygen atoms in total. The molecule has 0 aromatic heterocycles. The first-order valence-corrected chi connectivity index (χ1v) is 19.3. The highest BCUT2D eigenvalue weighted by Gasteiger charge is 2.28. The fourth-order valence-electron chi connectivity index (χ4n) is 4.78. The lowest BCUT2D eigenvalue weighted by Crippen LogP contribution is -2.11. The first-order valence-electron chi connectivity index (χ1n) is 13.6. The highest BCUT2D eigenvalue weighted by atomic mass is 32.2. The van der Waals surface area contributed by atoms with Crippen molar-refractivity contribution >= 4 is 96.4 Å². The molecule has 0 fully saturated rings. The van der Waals surface area contributed by atoms with Crippen molar-refractivity contribution in [2.75, 3.05) is 5.32 Å². The molecule has 0 saturated carbocycles. The van der Waals surface area contributed by atoms with Gasteiger partial charge in [0.2, 0.25) is 5.91 Å². The first-order chi connectivity index (χ1) is 23.6. The summed E-state index contributed by atoms with van der Waals surface area (Å²) in [5, 5.41) is 28.0. The zero-order chi connectivity index (χ0) is 37.7. The maximum absolute atomic E-state index is 12.5. The van der Waals surface area contributed by atoms with Crippen molar-refractivity contribution in [1.82, 2.24) is 0 Å². The third-order valence-corrected chi connectivity index (χ3v) is 10.5. The van der Waals surface area contributed by atoms with E-state index in [4.69, 9.17) is 4.55 Å². The number of hydrogen-bond acceptors (Lipinski definition) is 14. The molecule has 0 spiro atoms. The number of carbonyl (C=O) groups is 1. The van der Waals surface area contributed by atoms with Gasteiger partial charge in [-0.15, -0.1) is 15.3 Å². The van der Waals surface area contributed by atoms with Crippen LogP contribution in [0, 0.1) is 0 Å². The number of aromatic hydroxyl groups is 1. The third kappa shape index (κ3) is 7.89. The van der Waals surface area contributed by atoms with E-state index in [1.54, 1.807) is 0 Å². The van der Waals surface area contributed by atoms with Crippen LogP contribution in [0.3, 0.4) is 0 Å². The van der Waals surface area contributed by atoms with E-state index >= 15 is 0 Å². The molecule has 0 heterocycles. The molecular formula is C28H21N5O14S4. The van der Waals surface area contributed by atoms with Gasteiger partial charge in [0.15, 0.2) is 5.75 Å². The van der Waals surface area contributed by atoms with Gasteiger partial charge in [0.25, 0.3) is 40.5 Å². The lowest BCUT2D eigenvalue weighted by molar-refractivity contribution is -0.114. The van der Waals surface area contributed by atoms with Gasteiger partial charge in [-0.05, 0) is 66.7 Å². The van der Waals surface area contributed by atoms with Gasteiger partial charge in [0.05, 0.1) is 32.5 Å². The van der Waals surface area contributed by atoms with Crippen molar-refractivity contribution in [1.29, 1.82) is 0 Å². The molecule has 23 heteroatoms. The maximum Gasteiger partial charge on any atom is 0.297 e. The van der Waals surface area contributed by atoms with Crippen LogP contribution in [-0.4, -0.2) is 62.9 Å². The summed E-state index contributed by atoms with van der Waals surface area (Å²) in [6.45, 7) is 1.02. The first kappa shape index (κ1) is 37.0. The maximum atomic E-state index is 12.5. The smallest absolute Gasteiger partial charge is 0.297 e. The summed E-state index contributed by atoms with van der Waals surface area (Å²) in [6, 6.07) is 12.9. The highest BCUT2D eigenvalue weighted by molar-refractivity contribution is 7.87. The summed E-state index contributed by atoms with van der Waals surface area (Å²) in [5.74, 6) is -1.81. The number of benzene rings is 5. The Morgan fingerprint density at radius 1 is 0.569 bits per heavy atom. The van der Waals surface area contributed by atoms with Crippen LogP contribution in [0.25, 0.3) is 21.5 Å². The van der Waals surface area contributed by atoms with Crippen molar-refractivity contribution in [3.05, 3.63) is 72.8 Å². The lowest BCUT2D eigenvalue weighted by Gasteiger charge is -2.14. The second-order valence-electron chi connectivity index (χ2n) is 10.4. The number of nitrogens with one attached hydrogen (secondary N) is 1. The Morgan fingerprint density at radius 2 is 1.12 bits per heavy atom. The molecule has 6 N–H and O–H groups in total. The number of rotatable bonds is 9. The number of fused-ring (bicyclic) bond motifs is 2. The molecular weight excluding hydrogens is 759 g/mol. The van der Waals surface area contributed by atoms with Gasteiger partial charge in [-0.2, -0.15) is 38.8 Å². The predicted octanol–water partition coefficient (Wildman–Crippen LogP) is 5.47. The predicted molar refractivity (Wildman–Crippen MR) is 178 cm³/mol. The molecule has 5 aromatic carbocycles. The standard InChI is InChI=1S/C28H21N5O14S4/c1-14(34)29-24-9-8-19-21(28(24)51(45,46)47)13-25(50(42,43)44)26(27(19)35)33-32-23-11-10-22(18-7-6-17(12-20(18)23)49(39,40)41)31-30-15-2-4-16(5-3-15)48(36,37)38/h2-13,35H,1H3,(H,29,34)(H,36,37,38)(H,39,40,41)(H,42,43,44)(H,45,46,47). The number of phenols is 1. The number of azo groups is 2. The molecule has 0 bridgehead atoms. The zero-order valence-corrected chi connectivity index (χ0v) is 28.5. The molecule has 0 saturated heterocycles. The lowest BCUT2D eigenvalue weighted by atomic mass is 10.1.